The summed E-state index contributed by atoms with van der Waals surface area (Å²) in [6.07, 6.45) is 1.22. The predicted molar refractivity (Wildman–Crippen MR) is 73.1 cm³/mol. The van der Waals surface area contributed by atoms with Crippen LogP contribution in [0.15, 0.2) is 12.3 Å². The summed E-state index contributed by atoms with van der Waals surface area (Å²) in [4.78, 5) is 0. The highest BCUT2D eigenvalue weighted by molar-refractivity contribution is 6.99. The zero-order chi connectivity index (χ0) is 11.4. The third kappa shape index (κ3) is 4.11. The molecule has 0 heterocycles. The first kappa shape index (κ1) is 14.1. The summed E-state index contributed by atoms with van der Waals surface area (Å²) in [6.45, 7) is 19.6. The zero-order valence-corrected chi connectivity index (χ0v) is 12.8. The van der Waals surface area contributed by atoms with Crippen molar-refractivity contribution in [1.29, 1.82) is 0 Å². The molecule has 0 spiro atoms. The molecular weight excluding hydrogens is 202 g/mol. The van der Waals surface area contributed by atoms with E-state index in [2.05, 4.69) is 57.3 Å². The Bertz CT molecular complexity index is 182. The molecule has 14 heavy (non-hydrogen) atoms. The van der Waals surface area contributed by atoms with Gasteiger partial charge in [0.25, 0.3) is 0 Å². The molecule has 0 bridgehead atoms. The van der Waals surface area contributed by atoms with Crippen molar-refractivity contribution in [2.45, 2.75) is 51.4 Å². The third-order valence-corrected chi connectivity index (χ3v) is 12.2. The zero-order valence-electron chi connectivity index (χ0n) is 10.8. The van der Waals surface area contributed by atoms with Gasteiger partial charge in [0, 0.05) is 0 Å². The molecule has 0 aromatic heterocycles. The summed E-state index contributed by atoms with van der Waals surface area (Å²) >= 11 is 0. The fourth-order valence-electron chi connectivity index (χ4n) is 2.09. The van der Waals surface area contributed by atoms with Gasteiger partial charge in [-0.1, -0.05) is 39.7 Å². The lowest BCUT2D eigenvalue weighted by Crippen LogP contribution is -2.62. The Morgan fingerprint density at radius 2 is 1.71 bits per heavy atom. The normalized spacial score (nSPS) is 15.3. The number of rotatable bonds is 6. The van der Waals surface area contributed by atoms with Gasteiger partial charge in [0.05, 0.1) is 16.1 Å². The summed E-state index contributed by atoms with van der Waals surface area (Å²) in [5.41, 5.74) is 2.23. The molecule has 0 amide bonds. The monoisotopic (exact) mass is 229 g/mol. The van der Waals surface area contributed by atoms with E-state index >= 15 is 0 Å². The lowest BCUT2D eigenvalue weighted by atomic mass is 10.5. The van der Waals surface area contributed by atoms with Crippen LogP contribution in [0.4, 0.5) is 0 Å². The first-order valence-corrected chi connectivity index (χ1v) is 12.4. The van der Waals surface area contributed by atoms with Crippen molar-refractivity contribution in [1.82, 2.24) is 5.32 Å². The molecular formula is C11H27NSi2. The SMILES string of the molecule is C=C[Si](C)(C)C(NCCC)[Si](C)(C)C. The molecule has 0 aromatic carbocycles. The molecule has 0 saturated heterocycles. The van der Waals surface area contributed by atoms with Gasteiger partial charge >= 0.3 is 0 Å². The molecule has 1 nitrogen and oxygen atoms in total. The van der Waals surface area contributed by atoms with E-state index in [1.807, 2.05) is 0 Å². The van der Waals surface area contributed by atoms with Crippen molar-refractivity contribution >= 4 is 16.1 Å². The van der Waals surface area contributed by atoms with Gasteiger partial charge in [0.2, 0.25) is 0 Å². The van der Waals surface area contributed by atoms with Crippen molar-refractivity contribution in [3.63, 3.8) is 0 Å². The van der Waals surface area contributed by atoms with Crippen LogP contribution >= 0.6 is 0 Å². The molecule has 0 aliphatic heterocycles. The lowest BCUT2D eigenvalue weighted by molar-refractivity contribution is 0.700. The quantitative estimate of drug-likeness (QED) is 0.690. The van der Waals surface area contributed by atoms with Gasteiger partial charge in [0.1, 0.15) is 0 Å². The van der Waals surface area contributed by atoms with Gasteiger partial charge in [-0.3, -0.25) is 0 Å². The highest BCUT2D eigenvalue weighted by Gasteiger charge is 2.38. The molecule has 1 N–H and O–H groups in total. The maximum Gasteiger partial charge on any atom is 0.0854 e. The van der Waals surface area contributed by atoms with Crippen LogP contribution in [0.1, 0.15) is 13.3 Å². The Morgan fingerprint density at radius 1 is 1.21 bits per heavy atom. The van der Waals surface area contributed by atoms with E-state index in [-0.39, 0.29) is 0 Å². The average molecular weight is 230 g/mol. The average Bonchev–Trinajstić information content (AvgIpc) is 2.02. The summed E-state index contributed by atoms with van der Waals surface area (Å²) in [5.74, 6) is 0. The molecule has 1 unspecified atom stereocenters. The molecule has 0 aromatic rings. The first-order valence-electron chi connectivity index (χ1n) is 5.62. The number of nitrogens with one attached hydrogen (secondary N) is 1. The highest BCUT2D eigenvalue weighted by Crippen LogP contribution is 2.19. The second-order valence-corrected chi connectivity index (χ2v) is 16.3. The largest absolute Gasteiger partial charge is 0.319 e. The van der Waals surface area contributed by atoms with Crippen LogP contribution in [0.3, 0.4) is 0 Å². The van der Waals surface area contributed by atoms with Gasteiger partial charge in [-0.05, 0) is 18.3 Å². The van der Waals surface area contributed by atoms with E-state index in [4.69, 9.17) is 0 Å². The summed E-state index contributed by atoms with van der Waals surface area (Å²) in [5, 5.41) is 4.51. The van der Waals surface area contributed by atoms with Crippen LogP contribution in [0.25, 0.3) is 0 Å². The van der Waals surface area contributed by atoms with Crippen molar-refractivity contribution in [3.8, 4) is 0 Å². The maximum absolute atomic E-state index is 4.02. The maximum atomic E-state index is 4.02. The third-order valence-electron chi connectivity index (χ3n) is 2.73. The molecule has 3 heteroatoms. The smallest absolute Gasteiger partial charge is 0.0854 e. The summed E-state index contributed by atoms with van der Waals surface area (Å²) in [7, 11) is -2.37. The standard InChI is InChI=1S/C11H27NSi2/c1-8-10-12-11(13(3,4)5)14(6,7)9-2/h9,11-12H,2,8,10H2,1,3-7H3. The molecule has 0 aliphatic carbocycles. The highest BCUT2D eigenvalue weighted by atomic mass is 28.4. The van der Waals surface area contributed by atoms with Gasteiger partial charge in [-0.25, -0.2) is 0 Å². The molecule has 0 saturated carbocycles. The van der Waals surface area contributed by atoms with Crippen LogP contribution in [0.5, 0.6) is 0 Å². The van der Waals surface area contributed by atoms with Gasteiger partial charge in [0.15, 0.2) is 0 Å². The fraction of sp³-hybridized carbons (Fsp3) is 0.818. The lowest BCUT2D eigenvalue weighted by Gasteiger charge is -2.39. The van der Waals surface area contributed by atoms with Crippen LogP contribution in [-0.4, -0.2) is 28.0 Å². The topological polar surface area (TPSA) is 12.0 Å². The van der Waals surface area contributed by atoms with E-state index in [1.54, 1.807) is 0 Å². The van der Waals surface area contributed by atoms with Gasteiger partial charge < -0.3 is 5.32 Å². The van der Waals surface area contributed by atoms with E-state index < -0.39 is 16.1 Å². The summed E-state index contributed by atoms with van der Waals surface area (Å²) in [6, 6.07) is 0. The Morgan fingerprint density at radius 3 is 2.00 bits per heavy atom. The first-order chi connectivity index (χ1) is 6.25. The van der Waals surface area contributed by atoms with Crippen molar-refractivity contribution in [2.75, 3.05) is 6.54 Å². The Kier molecular flexibility index (Phi) is 5.33. The Balaban J connectivity index is 4.64. The number of hydrogen-bond donors (Lipinski definition) is 1. The minimum Gasteiger partial charge on any atom is -0.319 e. The summed E-state index contributed by atoms with van der Waals surface area (Å²) < 4.78 is 0. The van der Waals surface area contributed by atoms with Crippen LogP contribution < -0.4 is 5.32 Å². The molecule has 0 rings (SSSR count). The van der Waals surface area contributed by atoms with Crippen LogP contribution in [0.2, 0.25) is 32.7 Å². The van der Waals surface area contributed by atoms with Gasteiger partial charge in [-0.15, -0.1) is 12.3 Å². The molecule has 1 atom stereocenters. The molecule has 0 fully saturated rings. The van der Waals surface area contributed by atoms with Crippen LogP contribution in [0, 0.1) is 0 Å². The molecule has 84 valence electrons. The Hall–Kier alpha value is 0.134. The fourth-order valence-corrected chi connectivity index (χ4v) is 13.0. The predicted octanol–water partition coefficient (Wildman–Crippen LogP) is 3.20. The molecule has 0 radical (unpaired) electrons. The van der Waals surface area contributed by atoms with Crippen molar-refractivity contribution in [3.05, 3.63) is 12.3 Å². The van der Waals surface area contributed by atoms with E-state index in [9.17, 15) is 0 Å². The van der Waals surface area contributed by atoms with Crippen molar-refractivity contribution in [2.24, 2.45) is 0 Å². The van der Waals surface area contributed by atoms with Crippen LogP contribution in [-0.2, 0) is 0 Å². The minimum absolute atomic E-state index is 0.757. The van der Waals surface area contributed by atoms with Gasteiger partial charge in [-0.2, -0.15) is 0 Å². The van der Waals surface area contributed by atoms with E-state index in [1.165, 1.54) is 6.42 Å². The Labute approximate surface area is 92.0 Å². The minimum atomic E-state index is -1.26. The van der Waals surface area contributed by atoms with Crippen molar-refractivity contribution < 1.29 is 0 Å². The van der Waals surface area contributed by atoms with E-state index in [0.29, 0.717) is 0 Å². The second kappa shape index (κ2) is 5.28. The number of hydrogen-bond acceptors (Lipinski definition) is 1. The molecule has 0 aliphatic rings. The van der Waals surface area contributed by atoms with E-state index in [0.717, 1.165) is 11.8 Å². The second-order valence-electron chi connectivity index (χ2n) is 5.78.